The predicted octanol–water partition coefficient (Wildman–Crippen LogP) is 3.17. The van der Waals surface area contributed by atoms with Crippen LogP contribution in [0.1, 0.15) is 27.7 Å². The van der Waals surface area contributed by atoms with Crippen LogP contribution in [0.25, 0.3) is 0 Å². The zero-order valence-electron chi connectivity index (χ0n) is 14.0. The lowest BCUT2D eigenvalue weighted by Gasteiger charge is -2.36. The average molecular weight is 305 g/mol. The van der Waals surface area contributed by atoms with Crippen LogP contribution in [0.4, 0.5) is 16.2 Å². The molecule has 22 heavy (non-hydrogen) atoms. The van der Waals surface area contributed by atoms with Gasteiger partial charge < -0.3 is 19.9 Å². The number of morpholine rings is 1. The summed E-state index contributed by atoms with van der Waals surface area (Å²) in [5, 5.41) is 2.94. The van der Waals surface area contributed by atoms with Crippen molar-refractivity contribution in [3.63, 3.8) is 0 Å². The zero-order valence-corrected chi connectivity index (χ0v) is 14.0. The lowest BCUT2D eigenvalue weighted by molar-refractivity contribution is -0.00521. The van der Waals surface area contributed by atoms with E-state index in [1.807, 2.05) is 26.0 Å². The van der Waals surface area contributed by atoms with Crippen LogP contribution in [0.5, 0.6) is 0 Å². The van der Waals surface area contributed by atoms with Crippen molar-refractivity contribution in [3.05, 3.63) is 24.3 Å². The van der Waals surface area contributed by atoms with E-state index in [0.717, 1.165) is 18.8 Å². The molecule has 0 saturated carbocycles. The van der Waals surface area contributed by atoms with Gasteiger partial charge in [0.2, 0.25) is 0 Å². The molecule has 1 aromatic carbocycles. The summed E-state index contributed by atoms with van der Waals surface area (Å²) in [7, 11) is 0. The predicted molar refractivity (Wildman–Crippen MR) is 90.6 cm³/mol. The summed E-state index contributed by atoms with van der Waals surface area (Å²) in [5.74, 6) is 0. The molecule has 0 radical (unpaired) electrons. The van der Waals surface area contributed by atoms with Gasteiger partial charge in [0.1, 0.15) is 0 Å². The van der Waals surface area contributed by atoms with Crippen molar-refractivity contribution >= 4 is 17.4 Å². The van der Waals surface area contributed by atoms with Gasteiger partial charge in [-0.2, -0.15) is 0 Å². The molecule has 2 rings (SSSR count). The monoisotopic (exact) mass is 305 g/mol. The van der Waals surface area contributed by atoms with Gasteiger partial charge in [0, 0.05) is 37.6 Å². The van der Waals surface area contributed by atoms with Gasteiger partial charge in [-0.15, -0.1) is 0 Å². The molecule has 5 nitrogen and oxygen atoms in total. The molecular weight excluding hydrogens is 278 g/mol. The second kappa shape index (κ2) is 7.49. The highest BCUT2D eigenvalue weighted by molar-refractivity contribution is 5.89. The lowest BCUT2D eigenvalue weighted by Crippen LogP contribution is -2.45. The Kier molecular flexibility index (Phi) is 5.66. The number of nitrogens with one attached hydrogen (secondary N) is 1. The van der Waals surface area contributed by atoms with Crippen LogP contribution in [-0.4, -0.2) is 49.3 Å². The van der Waals surface area contributed by atoms with Crippen LogP contribution in [0.15, 0.2) is 24.3 Å². The Morgan fingerprint density at radius 2 is 1.73 bits per heavy atom. The summed E-state index contributed by atoms with van der Waals surface area (Å²) < 4.78 is 5.76. The third kappa shape index (κ3) is 4.13. The molecule has 1 aliphatic rings. The van der Waals surface area contributed by atoms with E-state index in [1.165, 1.54) is 5.69 Å². The molecule has 1 saturated heterocycles. The Morgan fingerprint density at radius 1 is 1.18 bits per heavy atom. The van der Waals surface area contributed by atoms with E-state index in [-0.39, 0.29) is 18.2 Å². The maximum Gasteiger partial charge on any atom is 0.321 e. The summed E-state index contributed by atoms with van der Waals surface area (Å²) in [6.45, 7) is 11.4. The Labute approximate surface area is 133 Å². The topological polar surface area (TPSA) is 44.8 Å². The van der Waals surface area contributed by atoms with Gasteiger partial charge in [-0.25, -0.2) is 4.79 Å². The number of carbonyl (C=O) groups excluding carboxylic acids is 1. The van der Waals surface area contributed by atoms with Gasteiger partial charge in [0.25, 0.3) is 0 Å². The molecule has 0 spiro atoms. The molecule has 1 N–H and O–H groups in total. The first-order valence-corrected chi connectivity index (χ1v) is 8.09. The van der Waals surface area contributed by atoms with Gasteiger partial charge in [-0.05, 0) is 52.0 Å². The second-order valence-electron chi connectivity index (χ2n) is 5.81. The van der Waals surface area contributed by atoms with Crippen molar-refractivity contribution in [2.24, 2.45) is 0 Å². The van der Waals surface area contributed by atoms with Crippen LogP contribution in [0, 0.1) is 0 Å². The summed E-state index contributed by atoms with van der Waals surface area (Å²) in [6, 6.07) is 7.99. The first-order valence-electron chi connectivity index (χ1n) is 8.09. The van der Waals surface area contributed by atoms with Crippen LogP contribution in [0.3, 0.4) is 0 Å². The van der Waals surface area contributed by atoms with E-state index >= 15 is 0 Å². The fraction of sp³-hybridized carbons (Fsp3) is 0.588. The zero-order chi connectivity index (χ0) is 16.1. The van der Waals surface area contributed by atoms with Crippen molar-refractivity contribution in [1.82, 2.24) is 4.90 Å². The number of benzene rings is 1. The smallest absolute Gasteiger partial charge is 0.321 e. The van der Waals surface area contributed by atoms with Gasteiger partial charge >= 0.3 is 6.03 Å². The lowest BCUT2D eigenvalue weighted by atomic mass is 10.2. The van der Waals surface area contributed by atoms with Crippen LogP contribution in [0.2, 0.25) is 0 Å². The van der Waals surface area contributed by atoms with Gasteiger partial charge in [-0.1, -0.05) is 0 Å². The SMILES string of the molecule is CCN(CC)C(=O)Nc1ccc(N2C[C@@H](C)O[C@H](C)C2)cc1. The molecule has 0 bridgehead atoms. The highest BCUT2D eigenvalue weighted by atomic mass is 16.5. The van der Waals surface area contributed by atoms with Crippen molar-refractivity contribution in [1.29, 1.82) is 0 Å². The minimum Gasteiger partial charge on any atom is -0.372 e. The molecule has 5 heteroatoms. The first kappa shape index (κ1) is 16.6. The van der Waals surface area contributed by atoms with Crippen molar-refractivity contribution in [2.75, 3.05) is 36.4 Å². The molecule has 1 aromatic rings. The second-order valence-corrected chi connectivity index (χ2v) is 5.81. The molecule has 122 valence electrons. The normalized spacial score (nSPS) is 21.5. The fourth-order valence-electron chi connectivity index (χ4n) is 2.86. The van der Waals surface area contributed by atoms with Crippen LogP contribution >= 0.6 is 0 Å². The minimum absolute atomic E-state index is 0.0497. The Morgan fingerprint density at radius 3 is 2.23 bits per heavy atom. The quantitative estimate of drug-likeness (QED) is 0.929. The maximum atomic E-state index is 12.0. The Bertz CT molecular complexity index is 475. The summed E-state index contributed by atoms with van der Waals surface area (Å²) in [4.78, 5) is 16.1. The third-order valence-corrected chi connectivity index (χ3v) is 3.95. The molecule has 1 heterocycles. The van der Waals surface area contributed by atoms with Crippen LogP contribution < -0.4 is 10.2 Å². The van der Waals surface area contributed by atoms with Gasteiger partial charge in [0.05, 0.1) is 12.2 Å². The fourth-order valence-corrected chi connectivity index (χ4v) is 2.86. The third-order valence-electron chi connectivity index (χ3n) is 3.95. The molecule has 2 atom stereocenters. The minimum atomic E-state index is -0.0497. The highest BCUT2D eigenvalue weighted by Gasteiger charge is 2.22. The molecule has 0 unspecified atom stereocenters. The summed E-state index contributed by atoms with van der Waals surface area (Å²) >= 11 is 0. The van der Waals surface area contributed by atoms with E-state index < -0.39 is 0 Å². The van der Waals surface area contributed by atoms with Gasteiger partial charge in [0.15, 0.2) is 0 Å². The summed E-state index contributed by atoms with van der Waals surface area (Å²) in [5.41, 5.74) is 2.00. The van der Waals surface area contributed by atoms with Crippen LogP contribution in [-0.2, 0) is 4.74 Å². The highest BCUT2D eigenvalue weighted by Crippen LogP contribution is 2.22. The number of nitrogens with zero attached hydrogens (tertiary/aromatic N) is 2. The number of rotatable bonds is 4. The molecule has 1 aliphatic heterocycles. The van der Waals surface area contributed by atoms with E-state index in [0.29, 0.717) is 13.1 Å². The van der Waals surface area contributed by atoms with E-state index in [9.17, 15) is 4.79 Å². The number of ether oxygens (including phenoxy) is 1. The largest absolute Gasteiger partial charge is 0.372 e. The van der Waals surface area contributed by atoms with E-state index in [1.54, 1.807) is 4.90 Å². The first-order chi connectivity index (χ1) is 10.5. The number of urea groups is 1. The summed E-state index contributed by atoms with van der Waals surface area (Å²) in [6.07, 6.45) is 0.483. The number of amides is 2. The number of carbonyl (C=O) groups is 1. The standard InChI is InChI=1S/C17H27N3O2/c1-5-19(6-2)17(21)18-15-7-9-16(10-8-15)20-11-13(3)22-14(4)12-20/h7-10,13-14H,5-6,11-12H2,1-4H3,(H,18,21)/t13-,14-/m1/s1. The number of hydrogen-bond donors (Lipinski definition) is 1. The van der Waals surface area contributed by atoms with E-state index in [2.05, 4.69) is 36.2 Å². The average Bonchev–Trinajstić information content (AvgIpc) is 2.48. The Balaban J connectivity index is 1.99. The Hall–Kier alpha value is -1.75. The molecule has 0 aromatic heterocycles. The molecule has 2 amide bonds. The molecule has 1 fully saturated rings. The number of hydrogen-bond acceptors (Lipinski definition) is 3. The van der Waals surface area contributed by atoms with Crippen molar-refractivity contribution in [3.8, 4) is 0 Å². The van der Waals surface area contributed by atoms with Gasteiger partial charge in [-0.3, -0.25) is 0 Å². The maximum absolute atomic E-state index is 12.0. The van der Waals surface area contributed by atoms with Crippen molar-refractivity contribution in [2.45, 2.75) is 39.9 Å². The molecular formula is C17H27N3O2. The van der Waals surface area contributed by atoms with Crippen molar-refractivity contribution < 1.29 is 9.53 Å². The number of anilines is 2. The van der Waals surface area contributed by atoms with E-state index in [4.69, 9.17) is 4.74 Å². The molecule has 0 aliphatic carbocycles.